The minimum absolute atomic E-state index is 0.0278. The van der Waals surface area contributed by atoms with E-state index in [4.69, 9.17) is 11.6 Å². The molecule has 0 atom stereocenters. The smallest absolute Gasteiger partial charge is 0.224 e. The van der Waals surface area contributed by atoms with Gasteiger partial charge in [-0.3, -0.25) is 4.79 Å². The van der Waals surface area contributed by atoms with Gasteiger partial charge >= 0.3 is 0 Å². The molecule has 0 bridgehead atoms. The van der Waals surface area contributed by atoms with Crippen LogP contribution in [0.5, 0.6) is 0 Å². The third-order valence-corrected chi connectivity index (χ3v) is 2.34. The van der Waals surface area contributed by atoms with E-state index in [1.54, 1.807) is 24.3 Å². The van der Waals surface area contributed by atoms with Gasteiger partial charge in [-0.1, -0.05) is 6.07 Å². The van der Waals surface area contributed by atoms with Gasteiger partial charge in [0.2, 0.25) is 11.2 Å². The number of hydrogen-bond donors (Lipinski definition) is 2. The van der Waals surface area contributed by atoms with E-state index < -0.39 is 5.82 Å². The van der Waals surface area contributed by atoms with Crippen molar-refractivity contribution in [1.29, 1.82) is 0 Å². The lowest BCUT2D eigenvalue weighted by molar-refractivity contribution is -0.114. The molecule has 1 amide bonds. The van der Waals surface area contributed by atoms with Crippen molar-refractivity contribution in [3.05, 3.63) is 41.6 Å². The van der Waals surface area contributed by atoms with Crippen LogP contribution in [0.1, 0.15) is 6.92 Å². The Morgan fingerprint density at radius 1 is 1.37 bits per heavy atom. The lowest BCUT2D eigenvalue weighted by atomic mass is 10.2. The zero-order valence-electron chi connectivity index (χ0n) is 9.95. The molecule has 7 heteroatoms. The fourth-order valence-electron chi connectivity index (χ4n) is 1.45. The number of carbonyl (C=O) groups is 1. The average Bonchev–Trinajstić information content (AvgIpc) is 2.33. The number of amides is 1. The van der Waals surface area contributed by atoms with Crippen LogP contribution in [0.25, 0.3) is 0 Å². The molecule has 1 aromatic carbocycles. The summed E-state index contributed by atoms with van der Waals surface area (Å²) in [5, 5.41) is 5.34. The standard InChI is InChI=1S/C12H10ClFN4O/c1-7(19)16-8-3-2-4-9(5-8)17-11-10(14)6-15-12(13)18-11/h2-6H,1H3,(H,16,19)(H,15,17,18). The first kappa shape index (κ1) is 13.2. The summed E-state index contributed by atoms with van der Waals surface area (Å²) >= 11 is 5.60. The van der Waals surface area contributed by atoms with E-state index >= 15 is 0 Å². The second kappa shape index (κ2) is 5.62. The second-order valence-corrected chi connectivity index (χ2v) is 4.06. The highest BCUT2D eigenvalue weighted by atomic mass is 35.5. The number of nitrogens with zero attached hydrogens (tertiary/aromatic N) is 2. The molecule has 2 N–H and O–H groups in total. The van der Waals surface area contributed by atoms with Crippen molar-refractivity contribution in [2.45, 2.75) is 6.92 Å². The number of aromatic nitrogens is 2. The highest BCUT2D eigenvalue weighted by Crippen LogP contribution is 2.21. The maximum absolute atomic E-state index is 13.5. The van der Waals surface area contributed by atoms with Gasteiger partial charge in [-0.25, -0.2) is 9.37 Å². The van der Waals surface area contributed by atoms with Crippen LogP contribution in [0.2, 0.25) is 5.28 Å². The van der Waals surface area contributed by atoms with E-state index in [0.717, 1.165) is 6.20 Å². The summed E-state index contributed by atoms with van der Waals surface area (Å²) in [6, 6.07) is 6.79. The lowest BCUT2D eigenvalue weighted by Gasteiger charge is -2.08. The first-order chi connectivity index (χ1) is 9.04. The molecule has 19 heavy (non-hydrogen) atoms. The summed E-state index contributed by atoms with van der Waals surface area (Å²) in [5.74, 6) is -0.831. The molecule has 0 unspecified atom stereocenters. The van der Waals surface area contributed by atoms with E-state index in [0.29, 0.717) is 11.4 Å². The van der Waals surface area contributed by atoms with Gasteiger partial charge in [0.15, 0.2) is 11.6 Å². The van der Waals surface area contributed by atoms with Gasteiger partial charge in [0.1, 0.15) is 0 Å². The molecule has 5 nitrogen and oxygen atoms in total. The number of rotatable bonds is 3. The predicted octanol–water partition coefficient (Wildman–Crippen LogP) is 2.97. The molecule has 0 aliphatic carbocycles. The van der Waals surface area contributed by atoms with E-state index in [9.17, 15) is 9.18 Å². The van der Waals surface area contributed by atoms with Gasteiger partial charge in [-0.2, -0.15) is 4.98 Å². The Hall–Kier alpha value is -2.21. The molecular formula is C12H10ClFN4O. The second-order valence-electron chi connectivity index (χ2n) is 3.72. The van der Waals surface area contributed by atoms with Crippen molar-refractivity contribution in [3.8, 4) is 0 Å². The summed E-state index contributed by atoms with van der Waals surface area (Å²) in [4.78, 5) is 18.2. The van der Waals surface area contributed by atoms with Gasteiger partial charge in [-0.15, -0.1) is 0 Å². The molecule has 0 aliphatic rings. The SMILES string of the molecule is CC(=O)Nc1cccc(Nc2nc(Cl)ncc2F)c1. The van der Waals surface area contributed by atoms with Crippen LogP contribution < -0.4 is 10.6 Å². The molecule has 0 aliphatic heterocycles. The quantitative estimate of drug-likeness (QED) is 0.848. The molecule has 0 spiro atoms. The first-order valence-electron chi connectivity index (χ1n) is 5.37. The third kappa shape index (κ3) is 3.62. The maximum Gasteiger partial charge on any atom is 0.224 e. The molecule has 1 heterocycles. The fraction of sp³-hybridized carbons (Fsp3) is 0.0833. The molecule has 98 valence electrons. The summed E-state index contributed by atoms with van der Waals surface area (Å²) in [7, 11) is 0. The topological polar surface area (TPSA) is 66.9 Å². The molecular weight excluding hydrogens is 271 g/mol. The number of carbonyl (C=O) groups excluding carboxylic acids is 1. The maximum atomic E-state index is 13.5. The Balaban J connectivity index is 2.23. The van der Waals surface area contributed by atoms with Gasteiger partial charge in [0.05, 0.1) is 6.20 Å². The Morgan fingerprint density at radius 2 is 2.11 bits per heavy atom. The summed E-state index contributed by atoms with van der Waals surface area (Å²) < 4.78 is 13.5. The lowest BCUT2D eigenvalue weighted by Crippen LogP contribution is -2.06. The van der Waals surface area contributed by atoms with Crippen molar-refractivity contribution in [2.24, 2.45) is 0 Å². The van der Waals surface area contributed by atoms with Gasteiger partial charge in [0.25, 0.3) is 0 Å². The van der Waals surface area contributed by atoms with E-state index in [1.165, 1.54) is 6.92 Å². The zero-order chi connectivity index (χ0) is 13.8. The zero-order valence-corrected chi connectivity index (χ0v) is 10.7. The Kier molecular flexibility index (Phi) is 3.91. The van der Waals surface area contributed by atoms with Crippen LogP contribution in [0.4, 0.5) is 21.6 Å². The average molecular weight is 281 g/mol. The molecule has 0 saturated carbocycles. The summed E-state index contributed by atoms with van der Waals surface area (Å²) in [6.07, 6.45) is 0.981. The van der Waals surface area contributed by atoms with Crippen molar-refractivity contribution >= 4 is 34.7 Å². The molecule has 2 aromatic rings. The Bertz CT molecular complexity index is 620. The molecule has 0 saturated heterocycles. The van der Waals surface area contributed by atoms with Gasteiger partial charge in [0, 0.05) is 18.3 Å². The third-order valence-electron chi connectivity index (χ3n) is 2.16. The highest BCUT2D eigenvalue weighted by molar-refractivity contribution is 6.28. The van der Waals surface area contributed by atoms with Gasteiger partial charge < -0.3 is 10.6 Å². The summed E-state index contributed by atoms with van der Waals surface area (Å²) in [6.45, 7) is 1.41. The van der Waals surface area contributed by atoms with Crippen LogP contribution in [0, 0.1) is 5.82 Å². The predicted molar refractivity (Wildman–Crippen MR) is 71.0 cm³/mol. The van der Waals surface area contributed by atoms with E-state index in [-0.39, 0.29) is 17.0 Å². The van der Waals surface area contributed by atoms with Crippen LogP contribution in [0.3, 0.4) is 0 Å². The minimum Gasteiger partial charge on any atom is -0.338 e. The molecule has 0 radical (unpaired) electrons. The normalized spacial score (nSPS) is 10.1. The van der Waals surface area contributed by atoms with E-state index in [2.05, 4.69) is 20.6 Å². The van der Waals surface area contributed by atoms with Crippen LogP contribution in [0.15, 0.2) is 30.5 Å². The van der Waals surface area contributed by atoms with Crippen LogP contribution in [-0.4, -0.2) is 15.9 Å². The van der Waals surface area contributed by atoms with Crippen molar-refractivity contribution < 1.29 is 9.18 Å². The Morgan fingerprint density at radius 3 is 2.84 bits per heavy atom. The largest absolute Gasteiger partial charge is 0.338 e. The minimum atomic E-state index is -0.616. The molecule has 1 aromatic heterocycles. The summed E-state index contributed by atoms with van der Waals surface area (Å²) in [5.41, 5.74) is 1.16. The number of halogens is 2. The van der Waals surface area contributed by atoms with Crippen molar-refractivity contribution in [2.75, 3.05) is 10.6 Å². The van der Waals surface area contributed by atoms with Gasteiger partial charge in [-0.05, 0) is 29.8 Å². The number of hydrogen-bond acceptors (Lipinski definition) is 4. The van der Waals surface area contributed by atoms with Crippen molar-refractivity contribution in [3.63, 3.8) is 0 Å². The van der Waals surface area contributed by atoms with E-state index in [1.807, 2.05) is 0 Å². The number of nitrogens with one attached hydrogen (secondary N) is 2. The molecule has 0 fully saturated rings. The number of benzene rings is 1. The molecule has 2 rings (SSSR count). The van der Waals surface area contributed by atoms with Crippen molar-refractivity contribution in [1.82, 2.24) is 9.97 Å². The highest BCUT2D eigenvalue weighted by Gasteiger charge is 2.06. The monoisotopic (exact) mass is 280 g/mol. The fourth-order valence-corrected chi connectivity index (χ4v) is 1.58. The Labute approximate surface area is 113 Å². The van der Waals surface area contributed by atoms with Crippen LogP contribution >= 0.6 is 11.6 Å². The first-order valence-corrected chi connectivity index (χ1v) is 5.75. The number of anilines is 3. The van der Waals surface area contributed by atoms with Crippen LogP contribution in [-0.2, 0) is 4.79 Å².